The zero-order valence-electron chi connectivity index (χ0n) is 9.89. The molecule has 14 heavy (non-hydrogen) atoms. The van der Waals surface area contributed by atoms with Gasteiger partial charge in [-0.05, 0) is 17.4 Å². The molecule has 0 spiro atoms. The van der Waals surface area contributed by atoms with E-state index in [0.29, 0.717) is 0 Å². The van der Waals surface area contributed by atoms with Gasteiger partial charge in [0.1, 0.15) is 0 Å². The van der Waals surface area contributed by atoms with Crippen molar-refractivity contribution in [3.05, 3.63) is 10.8 Å². The van der Waals surface area contributed by atoms with E-state index >= 15 is 0 Å². The molecule has 0 amide bonds. The normalized spacial score (nSPS) is 27.2. The number of aliphatic hydroxyl groups excluding tert-OH is 2. The van der Waals surface area contributed by atoms with Gasteiger partial charge < -0.3 is 10.2 Å². The van der Waals surface area contributed by atoms with Gasteiger partial charge in [0.25, 0.3) is 0 Å². The molecular formula is C11H22O2Si. The number of allylic oxidation sites excluding steroid dienone is 1. The summed E-state index contributed by atoms with van der Waals surface area (Å²) in [4.78, 5) is 0. The molecule has 0 saturated heterocycles. The lowest BCUT2D eigenvalue weighted by atomic mass is 9.92. The van der Waals surface area contributed by atoms with Crippen LogP contribution >= 0.6 is 0 Å². The highest BCUT2D eigenvalue weighted by molar-refractivity contribution is 6.83. The maximum Gasteiger partial charge on any atom is 0.0779 e. The molecule has 0 aromatic rings. The van der Waals surface area contributed by atoms with Crippen molar-refractivity contribution in [2.45, 2.75) is 46.0 Å². The van der Waals surface area contributed by atoms with Crippen LogP contribution in [0.15, 0.2) is 10.8 Å². The highest BCUT2D eigenvalue weighted by Crippen LogP contribution is 2.46. The summed E-state index contributed by atoms with van der Waals surface area (Å²) in [6, 6.07) is 0. The average Bonchev–Trinajstić information content (AvgIpc) is 2.17. The van der Waals surface area contributed by atoms with Gasteiger partial charge in [-0.15, -0.1) is 0 Å². The van der Waals surface area contributed by atoms with Crippen molar-refractivity contribution >= 4 is 8.07 Å². The van der Waals surface area contributed by atoms with Crippen molar-refractivity contribution in [3.8, 4) is 0 Å². The molecule has 0 aromatic carbocycles. The van der Waals surface area contributed by atoms with Gasteiger partial charge in [0.15, 0.2) is 0 Å². The van der Waals surface area contributed by atoms with E-state index < -0.39 is 14.2 Å². The third-order valence-corrected chi connectivity index (χ3v) is 5.52. The van der Waals surface area contributed by atoms with Crippen LogP contribution in [-0.4, -0.2) is 31.0 Å². The molecule has 82 valence electrons. The maximum atomic E-state index is 9.86. The van der Waals surface area contributed by atoms with E-state index in [1.807, 2.05) is 0 Å². The molecular weight excluding hydrogens is 192 g/mol. The highest BCUT2D eigenvalue weighted by atomic mass is 28.3. The summed E-state index contributed by atoms with van der Waals surface area (Å²) in [5, 5.41) is 20.5. The molecule has 0 aliphatic heterocycles. The third-order valence-electron chi connectivity index (χ3n) is 3.02. The summed E-state index contributed by atoms with van der Waals surface area (Å²) in [6.45, 7) is 11.2. The van der Waals surface area contributed by atoms with Crippen LogP contribution in [0, 0.1) is 5.41 Å². The molecule has 2 nitrogen and oxygen atoms in total. The summed E-state index contributed by atoms with van der Waals surface area (Å²) < 4.78 is 0. The first-order chi connectivity index (χ1) is 6.20. The van der Waals surface area contributed by atoms with Crippen molar-refractivity contribution in [2.24, 2.45) is 5.41 Å². The van der Waals surface area contributed by atoms with E-state index in [9.17, 15) is 10.2 Å². The van der Waals surface area contributed by atoms with Gasteiger partial charge in [0.05, 0.1) is 20.8 Å². The molecule has 3 heteroatoms. The van der Waals surface area contributed by atoms with E-state index in [4.69, 9.17) is 0 Å². The molecule has 0 bridgehead atoms. The fraction of sp³-hybridized carbons (Fsp3) is 0.818. The van der Waals surface area contributed by atoms with Crippen molar-refractivity contribution < 1.29 is 10.2 Å². The molecule has 2 N–H and O–H groups in total. The van der Waals surface area contributed by atoms with E-state index in [1.165, 1.54) is 5.20 Å². The Morgan fingerprint density at radius 2 is 1.86 bits per heavy atom. The number of hydrogen-bond donors (Lipinski definition) is 2. The average molecular weight is 214 g/mol. The molecule has 1 rings (SSSR count). The van der Waals surface area contributed by atoms with Crippen LogP contribution in [0.1, 0.15) is 20.3 Å². The summed E-state index contributed by atoms with van der Waals surface area (Å²) in [7, 11) is -1.43. The highest BCUT2D eigenvalue weighted by Gasteiger charge is 2.43. The van der Waals surface area contributed by atoms with E-state index in [1.54, 1.807) is 0 Å². The van der Waals surface area contributed by atoms with Gasteiger partial charge in [-0.2, -0.15) is 0 Å². The Morgan fingerprint density at radius 1 is 1.36 bits per heavy atom. The molecule has 1 aliphatic carbocycles. The molecule has 1 aliphatic rings. The minimum absolute atomic E-state index is 0.0181. The van der Waals surface area contributed by atoms with Gasteiger partial charge in [0.2, 0.25) is 0 Å². The SMILES string of the molecule is CC1(C)C[C@H](O)C(CO)=C1[Si](C)(C)C. The van der Waals surface area contributed by atoms with Gasteiger partial charge in [0, 0.05) is 0 Å². The Morgan fingerprint density at radius 3 is 2.14 bits per heavy atom. The zero-order chi connectivity index (χ0) is 11.1. The topological polar surface area (TPSA) is 40.5 Å². The van der Waals surface area contributed by atoms with Crippen LogP contribution < -0.4 is 0 Å². The molecule has 0 saturated carbocycles. The predicted molar refractivity (Wildman–Crippen MR) is 61.9 cm³/mol. The quantitative estimate of drug-likeness (QED) is 0.690. The van der Waals surface area contributed by atoms with E-state index in [2.05, 4.69) is 33.5 Å². The predicted octanol–water partition coefficient (Wildman–Crippen LogP) is 1.94. The Bertz CT molecular complexity index is 261. The van der Waals surface area contributed by atoms with E-state index in [0.717, 1.165) is 12.0 Å². The monoisotopic (exact) mass is 214 g/mol. The maximum absolute atomic E-state index is 9.86. The first-order valence-corrected chi connectivity index (χ1v) is 8.73. The van der Waals surface area contributed by atoms with Crippen LogP contribution in [0.2, 0.25) is 19.6 Å². The smallest absolute Gasteiger partial charge is 0.0779 e. The molecule has 0 fully saturated rings. The molecule has 0 radical (unpaired) electrons. The van der Waals surface area contributed by atoms with E-state index in [-0.39, 0.29) is 12.0 Å². The zero-order valence-corrected chi connectivity index (χ0v) is 10.9. The second-order valence-electron chi connectivity index (χ2n) is 5.91. The number of hydrogen-bond acceptors (Lipinski definition) is 2. The second kappa shape index (κ2) is 3.47. The first-order valence-electron chi connectivity index (χ1n) is 5.23. The second-order valence-corrected chi connectivity index (χ2v) is 10.9. The lowest BCUT2D eigenvalue weighted by Gasteiger charge is -2.32. The van der Waals surface area contributed by atoms with Gasteiger partial charge >= 0.3 is 0 Å². The van der Waals surface area contributed by atoms with Crippen molar-refractivity contribution in [3.63, 3.8) is 0 Å². The van der Waals surface area contributed by atoms with Crippen LogP contribution in [0.4, 0.5) is 0 Å². The van der Waals surface area contributed by atoms with Crippen LogP contribution in [-0.2, 0) is 0 Å². The fourth-order valence-corrected chi connectivity index (χ4v) is 6.33. The summed E-state index contributed by atoms with van der Waals surface area (Å²) >= 11 is 0. The van der Waals surface area contributed by atoms with Crippen LogP contribution in [0.25, 0.3) is 0 Å². The third kappa shape index (κ3) is 1.95. The largest absolute Gasteiger partial charge is 0.392 e. The first kappa shape index (κ1) is 11.9. The van der Waals surface area contributed by atoms with Gasteiger partial charge in [-0.1, -0.05) is 38.7 Å². The Labute approximate surface area is 87.7 Å². The van der Waals surface area contributed by atoms with Gasteiger partial charge in [-0.3, -0.25) is 0 Å². The molecule has 0 aromatic heterocycles. The Balaban J connectivity index is 3.22. The molecule has 1 atom stereocenters. The summed E-state index contributed by atoms with van der Waals surface area (Å²) in [6.07, 6.45) is 0.347. The molecule has 0 unspecified atom stereocenters. The lowest BCUT2D eigenvalue weighted by molar-refractivity contribution is 0.168. The van der Waals surface area contributed by atoms with Crippen molar-refractivity contribution in [2.75, 3.05) is 6.61 Å². The van der Waals surface area contributed by atoms with Gasteiger partial charge in [-0.25, -0.2) is 0 Å². The number of rotatable bonds is 2. The number of aliphatic hydroxyl groups is 2. The minimum Gasteiger partial charge on any atom is -0.392 e. The lowest BCUT2D eigenvalue weighted by Crippen LogP contribution is -2.32. The van der Waals surface area contributed by atoms with Crippen LogP contribution in [0.3, 0.4) is 0 Å². The minimum atomic E-state index is -1.43. The fourth-order valence-electron chi connectivity index (χ4n) is 2.99. The van der Waals surface area contributed by atoms with Crippen molar-refractivity contribution in [1.82, 2.24) is 0 Å². The Hall–Kier alpha value is -0.123. The summed E-state index contributed by atoms with van der Waals surface area (Å²) in [5.74, 6) is 0. The molecule has 0 heterocycles. The van der Waals surface area contributed by atoms with Crippen LogP contribution in [0.5, 0.6) is 0 Å². The standard InChI is InChI=1S/C11H22O2Si/c1-11(2)6-9(13)8(7-12)10(11)14(3,4)5/h9,12-13H,6-7H2,1-5H3/t9-/m0/s1. The summed E-state index contributed by atoms with van der Waals surface area (Å²) in [5.41, 5.74) is 0.969. The van der Waals surface area contributed by atoms with Crippen molar-refractivity contribution in [1.29, 1.82) is 0 Å². The Kier molecular flexibility index (Phi) is 2.96.